The maximum absolute atomic E-state index is 5.48. The quantitative estimate of drug-likeness (QED) is 0.812. The van der Waals surface area contributed by atoms with E-state index < -0.39 is 0 Å². The second kappa shape index (κ2) is 6.21. The van der Waals surface area contributed by atoms with Crippen LogP contribution in [0.5, 0.6) is 0 Å². The van der Waals surface area contributed by atoms with Crippen LogP contribution in [-0.4, -0.2) is 19.8 Å². The van der Waals surface area contributed by atoms with Crippen LogP contribution in [-0.2, 0) is 16.7 Å². The van der Waals surface area contributed by atoms with E-state index in [0.29, 0.717) is 0 Å². The SMILES string of the molecule is c1ccc(CNCCC2(c3ccccc3)COC2)cc1. The van der Waals surface area contributed by atoms with E-state index in [4.69, 9.17) is 4.74 Å². The van der Waals surface area contributed by atoms with Gasteiger partial charge in [-0.2, -0.15) is 0 Å². The number of hydrogen-bond donors (Lipinski definition) is 1. The van der Waals surface area contributed by atoms with Gasteiger partial charge in [-0.15, -0.1) is 0 Å². The molecular formula is C18H21NO. The number of ether oxygens (including phenoxy) is 1. The lowest BCUT2D eigenvalue weighted by Gasteiger charge is -2.42. The molecule has 1 heterocycles. The van der Waals surface area contributed by atoms with E-state index in [1.54, 1.807) is 0 Å². The van der Waals surface area contributed by atoms with Gasteiger partial charge in [0.05, 0.1) is 13.2 Å². The molecule has 2 aromatic rings. The van der Waals surface area contributed by atoms with Gasteiger partial charge in [-0.25, -0.2) is 0 Å². The van der Waals surface area contributed by atoms with Crippen molar-refractivity contribution in [3.63, 3.8) is 0 Å². The second-order valence-electron chi connectivity index (χ2n) is 5.55. The first kappa shape index (κ1) is 13.3. The fourth-order valence-electron chi connectivity index (χ4n) is 2.75. The molecule has 1 saturated heterocycles. The highest BCUT2D eigenvalue weighted by Gasteiger charge is 2.39. The average molecular weight is 267 g/mol. The molecule has 0 aromatic heterocycles. The van der Waals surface area contributed by atoms with E-state index in [0.717, 1.165) is 32.7 Å². The molecule has 3 rings (SSSR count). The maximum atomic E-state index is 5.48. The molecule has 1 aliphatic heterocycles. The molecule has 2 nitrogen and oxygen atoms in total. The zero-order valence-corrected chi connectivity index (χ0v) is 11.7. The van der Waals surface area contributed by atoms with Crippen LogP contribution in [0, 0.1) is 0 Å². The minimum Gasteiger partial charge on any atom is -0.379 e. The smallest absolute Gasteiger partial charge is 0.0586 e. The summed E-state index contributed by atoms with van der Waals surface area (Å²) in [5, 5.41) is 3.54. The van der Waals surface area contributed by atoms with Crippen molar-refractivity contribution >= 4 is 0 Å². The van der Waals surface area contributed by atoms with Crippen LogP contribution < -0.4 is 5.32 Å². The molecule has 1 aliphatic rings. The first-order valence-corrected chi connectivity index (χ1v) is 7.27. The van der Waals surface area contributed by atoms with Gasteiger partial charge >= 0.3 is 0 Å². The van der Waals surface area contributed by atoms with Crippen LogP contribution in [0.4, 0.5) is 0 Å². The van der Waals surface area contributed by atoms with Gasteiger partial charge in [0.2, 0.25) is 0 Å². The van der Waals surface area contributed by atoms with Gasteiger partial charge in [-0.05, 0) is 24.1 Å². The molecule has 1 fully saturated rings. The Morgan fingerprint density at radius 2 is 1.55 bits per heavy atom. The van der Waals surface area contributed by atoms with Crippen LogP contribution in [0.1, 0.15) is 17.5 Å². The predicted molar refractivity (Wildman–Crippen MR) is 81.7 cm³/mol. The molecule has 1 N–H and O–H groups in total. The molecule has 0 atom stereocenters. The first-order valence-electron chi connectivity index (χ1n) is 7.27. The number of nitrogens with one attached hydrogen (secondary N) is 1. The number of hydrogen-bond acceptors (Lipinski definition) is 2. The third-order valence-electron chi connectivity index (χ3n) is 4.10. The lowest BCUT2D eigenvalue weighted by Crippen LogP contribution is -2.48. The van der Waals surface area contributed by atoms with E-state index in [9.17, 15) is 0 Å². The molecule has 2 aromatic carbocycles. The zero-order chi connectivity index (χ0) is 13.7. The summed E-state index contributed by atoms with van der Waals surface area (Å²) >= 11 is 0. The van der Waals surface area contributed by atoms with Crippen molar-refractivity contribution in [3.8, 4) is 0 Å². The summed E-state index contributed by atoms with van der Waals surface area (Å²) in [7, 11) is 0. The highest BCUT2D eigenvalue weighted by Crippen LogP contribution is 2.35. The van der Waals surface area contributed by atoms with Gasteiger partial charge in [0.15, 0.2) is 0 Å². The minimum absolute atomic E-state index is 0.227. The molecule has 0 unspecified atom stereocenters. The molecule has 20 heavy (non-hydrogen) atoms. The Kier molecular flexibility index (Phi) is 4.14. The molecule has 2 heteroatoms. The van der Waals surface area contributed by atoms with Gasteiger partial charge in [-0.1, -0.05) is 60.7 Å². The van der Waals surface area contributed by atoms with E-state index in [1.807, 2.05) is 0 Å². The van der Waals surface area contributed by atoms with Crippen LogP contribution in [0.3, 0.4) is 0 Å². The Balaban J connectivity index is 1.52. The molecule has 0 spiro atoms. The summed E-state index contributed by atoms with van der Waals surface area (Å²) in [5.41, 5.74) is 2.98. The Bertz CT molecular complexity index is 520. The van der Waals surface area contributed by atoms with Crippen LogP contribution in [0.15, 0.2) is 60.7 Å². The highest BCUT2D eigenvalue weighted by molar-refractivity contribution is 5.28. The van der Waals surface area contributed by atoms with Gasteiger partial charge < -0.3 is 10.1 Å². The molecule has 104 valence electrons. The lowest BCUT2D eigenvalue weighted by atomic mass is 9.76. The minimum atomic E-state index is 0.227. The maximum Gasteiger partial charge on any atom is 0.0586 e. The van der Waals surface area contributed by atoms with Crippen molar-refractivity contribution in [2.24, 2.45) is 0 Å². The summed E-state index contributed by atoms with van der Waals surface area (Å²) in [4.78, 5) is 0. The Hall–Kier alpha value is -1.64. The molecule has 0 aliphatic carbocycles. The molecular weight excluding hydrogens is 246 g/mol. The summed E-state index contributed by atoms with van der Waals surface area (Å²) in [6, 6.07) is 21.3. The first-order chi connectivity index (χ1) is 9.89. The van der Waals surface area contributed by atoms with Crippen molar-refractivity contribution in [2.75, 3.05) is 19.8 Å². The van der Waals surface area contributed by atoms with Crippen LogP contribution >= 0.6 is 0 Å². The monoisotopic (exact) mass is 267 g/mol. The Labute approximate surface area is 120 Å². The number of benzene rings is 2. The topological polar surface area (TPSA) is 21.3 Å². The summed E-state index contributed by atoms with van der Waals surface area (Å²) < 4.78 is 5.48. The average Bonchev–Trinajstić information content (AvgIpc) is 2.48. The summed E-state index contributed by atoms with van der Waals surface area (Å²) in [5.74, 6) is 0. The van der Waals surface area contributed by atoms with Crippen molar-refractivity contribution in [1.82, 2.24) is 5.32 Å². The summed E-state index contributed by atoms with van der Waals surface area (Å²) in [6.07, 6.45) is 1.13. The fraction of sp³-hybridized carbons (Fsp3) is 0.333. The van der Waals surface area contributed by atoms with E-state index in [2.05, 4.69) is 66.0 Å². The Morgan fingerprint density at radius 3 is 2.15 bits per heavy atom. The van der Waals surface area contributed by atoms with Gasteiger partial charge in [0, 0.05) is 12.0 Å². The molecule has 0 bridgehead atoms. The predicted octanol–water partition coefficient (Wildman–Crippen LogP) is 3.13. The third kappa shape index (κ3) is 2.92. The zero-order valence-electron chi connectivity index (χ0n) is 11.7. The van der Waals surface area contributed by atoms with Gasteiger partial charge in [-0.3, -0.25) is 0 Å². The van der Waals surface area contributed by atoms with Crippen molar-refractivity contribution < 1.29 is 4.74 Å². The normalized spacial score (nSPS) is 16.6. The van der Waals surface area contributed by atoms with Gasteiger partial charge in [0.1, 0.15) is 0 Å². The standard InChI is InChI=1S/C18H21NO/c1-3-7-16(8-4-1)13-19-12-11-18(14-20-15-18)17-9-5-2-6-10-17/h1-10,19H,11-15H2. The van der Waals surface area contributed by atoms with Crippen molar-refractivity contribution in [1.29, 1.82) is 0 Å². The third-order valence-corrected chi connectivity index (χ3v) is 4.10. The summed E-state index contributed by atoms with van der Waals surface area (Å²) in [6.45, 7) is 3.66. The van der Waals surface area contributed by atoms with E-state index in [-0.39, 0.29) is 5.41 Å². The largest absolute Gasteiger partial charge is 0.379 e. The van der Waals surface area contributed by atoms with E-state index >= 15 is 0 Å². The fourth-order valence-corrected chi connectivity index (χ4v) is 2.75. The van der Waals surface area contributed by atoms with Crippen molar-refractivity contribution in [2.45, 2.75) is 18.4 Å². The molecule has 0 amide bonds. The van der Waals surface area contributed by atoms with E-state index in [1.165, 1.54) is 11.1 Å². The van der Waals surface area contributed by atoms with Crippen LogP contribution in [0.2, 0.25) is 0 Å². The Morgan fingerprint density at radius 1 is 0.900 bits per heavy atom. The molecule has 0 radical (unpaired) electrons. The lowest BCUT2D eigenvalue weighted by molar-refractivity contribution is -0.0640. The van der Waals surface area contributed by atoms with Gasteiger partial charge in [0.25, 0.3) is 0 Å². The number of rotatable bonds is 6. The molecule has 0 saturated carbocycles. The highest BCUT2D eigenvalue weighted by atomic mass is 16.5. The van der Waals surface area contributed by atoms with Crippen molar-refractivity contribution in [3.05, 3.63) is 71.8 Å². The van der Waals surface area contributed by atoms with Crippen LogP contribution in [0.25, 0.3) is 0 Å². The second-order valence-corrected chi connectivity index (χ2v) is 5.55.